The Kier molecular flexibility index (Phi) is 2.93. The van der Waals surface area contributed by atoms with Gasteiger partial charge in [0.15, 0.2) is 0 Å². The zero-order valence-corrected chi connectivity index (χ0v) is 10.5. The van der Waals surface area contributed by atoms with Crippen LogP contribution in [0.5, 0.6) is 0 Å². The van der Waals surface area contributed by atoms with Crippen molar-refractivity contribution in [2.75, 3.05) is 5.32 Å². The molecule has 2 unspecified atom stereocenters. The molecule has 0 saturated carbocycles. The summed E-state index contributed by atoms with van der Waals surface area (Å²) < 4.78 is 12.9. The minimum absolute atomic E-state index is 0.151. The maximum atomic E-state index is 12.0. The monoisotopic (exact) mass is 287 g/mol. The number of hydrogen-bond donors (Lipinski definition) is 1. The molecule has 1 amide bonds. The normalized spacial score (nSPS) is 24.5. The molecule has 1 aromatic carbocycles. The maximum absolute atomic E-state index is 12.0. The first kappa shape index (κ1) is 10.8. The fourth-order valence-electron chi connectivity index (χ4n) is 1.58. The van der Waals surface area contributed by atoms with Crippen LogP contribution in [0.4, 0.5) is 5.69 Å². The van der Waals surface area contributed by atoms with Crippen molar-refractivity contribution in [2.24, 2.45) is 0 Å². The molecule has 0 aliphatic carbocycles. The topological polar surface area (TPSA) is 46.2 Å². The standard InChI is InChI=1S/C10H10BrNO2S/c1-2-8-10(13)12-7-5-6(11)3-4-9(7)15(8)14/h3-5,8H,2H2,1H3,(H,12,13). The van der Waals surface area contributed by atoms with Crippen molar-refractivity contribution in [3.05, 3.63) is 22.7 Å². The maximum Gasteiger partial charge on any atom is 0.240 e. The van der Waals surface area contributed by atoms with Crippen molar-refractivity contribution < 1.29 is 9.00 Å². The molecule has 0 spiro atoms. The van der Waals surface area contributed by atoms with Crippen molar-refractivity contribution in [3.8, 4) is 0 Å². The molecule has 0 bridgehead atoms. The van der Waals surface area contributed by atoms with Crippen LogP contribution in [-0.4, -0.2) is 15.4 Å². The molecule has 3 nitrogen and oxygen atoms in total. The molecular formula is C10H10BrNO2S. The van der Waals surface area contributed by atoms with Crippen LogP contribution in [0, 0.1) is 0 Å². The van der Waals surface area contributed by atoms with Gasteiger partial charge in [-0.3, -0.25) is 9.00 Å². The number of hydrogen-bond acceptors (Lipinski definition) is 2. The van der Waals surface area contributed by atoms with E-state index >= 15 is 0 Å². The molecular weight excluding hydrogens is 278 g/mol. The van der Waals surface area contributed by atoms with Gasteiger partial charge in [0.1, 0.15) is 5.25 Å². The largest absolute Gasteiger partial charge is 0.324 e. The Balaban J connectivity index is 2.50. The van der Waals surface area contributed by atoms with Gasteiger partial charge in [0.2, 0.25) is 5.91 Å². The van der Waals surface area contributed by atoms with E-state index < -0.39 is 16.0 Å². The molecule has 1 N–H and O–H groups in total. The number of carbonyl (C=O) groups is 1. The summed E-state index contributed by atoms with van der Waals surface area (Å²) in [7, 11) is -1.22. The zero-order valence-electron chi connectivity index (χ0n) is 8.12. The van der Waals surface area contributed by atoms with Crippen molar-refractivity contribution >= 4 is 38.3 Å². The van der Waals surface area contributed by atoms with Crippen LogP contribution in [0.3, 0.4) is 0 Å². The van der Waals surface area contributed by atoms with E-state index in [0.717, 1.165) is 4.47 Å². The van der Waals surface area contributed by atoms with E-state index in [1.807, 2.05) is 13.0 Å². The first-order chi connectivity index (χ1) is 7.13. The summed E-state index contributed by atoms with van der Waals surface area (Å²) in [6.07, 6.45) is 0.591. The molecule has 1 aliphatic rings. The molecule has 15 heavy (non-hydrogen) atoms. The van der Waals surface area contributed by atoms with E-state index in [1.165, 1.54) is 0 Å². The molecule has 5 heteroatoms. The van der Waals surface area contributed by atoms with Gasteiger partial charge >= 0.3 is 0 Å². The van der Waals surface area contributed by atoms with Gasteiger partial charge in [0.05, 0.1) is 21.4 Å². The smallest absolute Gasteiger partial charge is 0.240 e. The Morgan fingerprint density at radius 2 is 2.27 bits per heavy atom. The van der Waals surface area contributed by atoms with E-state index in [-0.39, 0.29) is 5.91 Å². The summed E-state index contributed by atoms with van der Waals surface area (Å²) in [6.45, 7) is 1.87. The second kappa shape index (κ2) is 4.06. The minimum atomic E-state index is -1.22. The quantitative estimate of drug-likeness (QED) is 0.861. The second-order valence-corrected chi connectivity index (χ2v) is 5.84. The fourth-order valence-corrected chi connectivity index (χ4v) is 3.33. The molecule has 0 fully saturated rings. The Morgan fingerprint density at radius 1 is 1.53 bits per heavy atom. The highest BCUT2D eigenvalue weighted by molar-refractivity contribution is 9.10. The predicted molar refractivity (Wildman–Crippen MR) is 63.3 cm³/mol. The average Bonchev–Trinajstić information content (AvgIpc) is 2.17. The lowest BCUT2D eigenvalue weighted by molar-refractivity contribution is -0.115. The lowest BCUT2D eigenvalue weighted by Gasteiger charge is -2.23. The summed E-state index contributed by atoms with van der Waals surface area (Å²) in [5.74, 6) is -0.151. The number of nitrogens with one attached hydrogen (secondary N) is 1. The van der Waals surface area contributed by atoms with Crippen molar-refractivity contribution in [1.82, 2.24) is 0 Å². The fraction of sp³-hybridized carbons (Fsp3) is 0.300. The van der Waals surface area contributed by atoms with Gasteiger partial charge in [-0.15, -0.1) is 0 Å². The Hall–Kier alpha value is -0.680. The summed E-state index contributed by atoms with van der Waals surface area (Å²) in [5, 5.41) is 2.35. The Morgan fingerprint density at radius 3 is 2.93 bits per heavy atom. The lowest BCUT2D eigenvalue weighted by atomic mass is 10.2. The van der Waals surface area contributed by atoms with Crippen molar-refractivity contribution in [3.63, 3.8) is 0 Å². The first-order valence-corrected chi connectivity index (χ1v) is 6.65. The van der Waals surface area contributed by atoms with E-state index in [9.17, 15) is 9.00 Å². The van der Waals surface area contributed by atoms with Gasteiger partial charge in [0, 0.05) is 4.47 Å². The van der Waals surface area contributed by atoms with Gasteiger partial charge in [-0.05, 0) is 24.6 Å². The predicted octanol–water partition coefficient (Wildman–Crippen LogP) is 2.29. The Bertz CT molecular complexity index is 447. The number of fused-ring (bicyclic) bond motifs is 1. The number of rotatable bonds is 1. The van der Waals surface area contributed by atoms with Crippen LogP contribution < -0.4 is 5.32 Å². The molecule has 2 rings (SSSR count). The van der Waals surface area contributed by atoms with Gasteiger partial charge < -0.3 is 5.32 Å². The van der Waals surface area contributed by atoms with Crippen molar-refractivity contribution in [2.45, 2.75) is 23.5 Å². The summed E-state index contributed by atoms with van der Waals surface area (Å²) >= 11 is 3.31. The first-order valence-electron chi connectivity index (χ1n) is 4.64. The molecule has 1 aromatic rings. The molecule has 2 atom stereocenters. The number of halogens is 1. The van der Waals surface area contributed by atoms with E-state index in [0.29, 0.717) is 17.0 Å². The second-order valence-electron chi connectivity index (χ2n) is 3.32. The summed E-state index contributed by atoms with van der Waals surface area (Å²) in [5.41, 5.74) is 0.650. The number of anilines is 1. The van der Waals surface area contributed by atoms with Crippen LogP contribution in [0.25, 0.3) is 0 Å². The highest BCUT2D eigenvalue weighted by atomic mass is 79.9. The van der Waals surface area contributed by atoms with Crippen LogP contribution in [0.15, 0.2) is 27.6 Å². The third kappa shape index (κ3) is 1.86. The molecule has 0 aromatic heterocycles. The van der Waals surface area contributed by atoms with Gasteiger partial charge in [-0.1, -0.05) is 22.9 Å². The average molecular weight is 288 g/mol. The molecule has 0 saturated heterocycles. The van der Waals surface area contributed by atoms with Gasteiger partial charge in [0.25, 0.3) is 0 Å². The van der Waals surface area contributed by atoms with Crippen LogP contribution in [0.1, 0.15) is 13.3 Å². The molecule has 1 aliphatic heterocycles. The van der Waals surface area contributed by atoms with E-state index in [1.54, 1.807) is 12.1 Å². The number of amides is 1. The number of carbonyl (C=O) groups excluding carboxylic acids is 1. The minimum Gasteiger partial charge on any atom is -0.324 e. The summed E-state index contributed by atoms with van der Waals surface area (Å²) in [4.78, 5) is 12.3. The van der Waals surface area contributed by atoms with Gasteiger partial charge in [-0.25, -0.2) is 0 Å². The van der Waals surface area contributed by atoms with E-state index in [2.05, 4.69) is 21.2 Å². The molecule has 1 heterocycles. The third-order valence-corrected chi connectivity index (χ3v) is 4.68. The number of benzene rings is 1. The van der Waals surface area contributed by atoms with Crippen LogP contribution >= 0.6 is 15.9 Å². The third-order valence-electron chi connectivity index (χ3n) is 2.34. The SMILES string of the molecule is CCC1C(=O)Nc2cc(Br)ccc2S1=O. The van der Waals surface area contributed by atoms with Gasteiger partial charge in [-0.2, -0.15) is 0 Å². The highest BCUT2D eigenvalue weighted by Crippen LogP contribution is 2.30. The van der Waals surface area contributed by atoms with Crippen LogP contribution in [-0.2, 0) is 15.6 Å². The Labute approximate surface area is 98.8 Å². The van der Waals surface area contributed by atoms with Crippen LogP contribution in [0.2, 0.25) is 0 Å². The summed E-state index contributed by atoms with van der Waals surface area (Å²) in [6, 6.07) is 5.40. The van der Waals surface area contributed by atoms with Crippen molar-refractivity contribution in [1.29, 1.82) is 0 Å². The molecule has 0 radical (unpaired) electrons. The highest BCUT2D eigenvalue weighted by Gasteiger charge is 2.31. The molecule has 80 valence electrons. The zero-order chi connectivity index (χ0) is 11.0. The van der Waals surface area contributed by atoms with E-state index in [4.69, 9.17) is 0 Å². The lowest BCUT2D eigenvalue weighted by Crippen LogP contribution is -2.35.